The van der Waals surface area contributed by atoms with Crippen LogP contribution in [-0.2, 0) is 41.7 Å². The molecule has 4 rings (SSSR count). The third-order valence-electron chi connectivity index (χ3n) is 4.65. The molecule has 10 heteroatoms. The molecular weight excluding hydrogens is 462 g/mol. The van der Waals surface area contributed by atoms with E-state index in [9.17, 15) is 0 Å². The lowest BCUT2D eigenvalue weighted by Gasteiger charge is -2.31. The van der Waals surface area contributed by atoms with E-state index < -0.39 is 13.4 Å². The van der Waals surface area contributed by atoms with Crippen molar-refractivity contribution in [3.05, 3.63) is 48.5 Å². The van der Waals surface area contributed by atoms with E-state index in [1.807, 2.05) is 62.4 Å². The van der Waals surface area contributed by atoms with Crippen LogP contribution in [0.1, 0.15) is 26.7 Å². The van der Waals surface area contributed by atoms with E-state index in [0.717, 1.165) is 24.0 Å². The Labute approximate surface area is 187 Å². The Bertz CT molecular complexity index is 921. The van der Waals surface area contributed by atoms with Crippen LogP contribution >= 0.6 is 13.4 Å². The molecule has 0 aromatic heterocycles. The highest BCUT2D eigenvalue weighted by Crippen LogP contribution is 2.57. The first kappa shape index (κ1) is 22.4. The summed E-state index contributed by atoms with van der Waals surface area (Å²) in [6.07, 6.45) is 1.59. The largest absolute Gasteiger partial charge is 0.423 e. The Morgan fingerprint density at radius 1 is 0.733 bits per heavy atom. The number of para-hydroxylation sites is 2. The van der Waals surface area contributed by atoms with Gasteiger partial charge in [0, 0.05) is 34.7 Å². The lowest BCUT2D eigenvalue weighted by molar-refractivity contribution is 0.0902. The van der Waals surface area contributed by atoms with Crippen LogP contribution < -0.4 is 9.05 Å². The van der Waals surface area contributed by atoms with E-state index in [2.05, 4.69) is 0 Å². The van der Waals surface area contributed by atoms with Gasteiger partial charge in [0.25, 0.3) is 0 Å². The monoisotopic (exact) mass is 486 g/mol. The quantitative estimate of drug-likeness (QED) is 0.463. The van der Waals surface area contributed by atoms with Crippen LogP contribution in [-0.4, -0.2) is 25.4 Å². The van der Waals surface area contributed by atoms with Crippen molar-refractivity contribution >= 4 is 37.1 Å². The summed E-state index contributed by atoms with van der Waals surface area (Å²) < 4.78 is 35.4. The third-order valence-corrected chi connectivity index (χ3v) is 9.32. The fourth-order valence-electron chi connectivity index (χ4n) is 3.14. The summed E-state index contributed by atoms with van der Waals surface area (Å²) in [5.74, 6) is 1.14. The fraction of sp³-hybridized carbons (Fsp3) is 0.400. The first-order valence-corrected chi connectivity index (χ1v) is 14.9. The topological polar surface area (TPSA) is 55.4 Å². The molecule has 162 valence electrons. The molecule has 0 N–H and O–H groups in total. The molecule has 2 aromatic rings. The molecule has 2 aliphatic heterocycles. The van der Waals surface area contributed by atoms with E-state index in [-0.39, 0.29) is 12.2 Å². The van der Waals surface area contributed by atoms with Crippen molar-refractivity contribution in [3.8, 4) is 22.6 Å². The lowest BCUT2D eigenvalue weighted by Crippen LogP contribution is -2.19. The van der Waals surface area contributed by atoms with Gasteiger partial charge in [-0.1, -0.05) is 36.4 Å². The molecule has 0 radical (unpaired) electrons. The van der Waals surface area contributed by atoms with Gasteiger partial charge < -0.3 is 9.05 Å². The highest BCUT2D eigenvalue weighted by atomic mass is 32.5. The molecule has 2 fully saturated rings. The summed E-state index contributed by atoms with van der Waals surface area (Å²) in [4.78, 5) is 0. The molecule has 0 saturated carbocycles. The van der Waals surface area contributed by atoms with Crippen LogP contribution in [0.4, 0.5) is 0 Å². The van der Waals surface area contributed by atoms with E-state index in [1.165, 1.54) is 0 Å². The van der Waals surface area contributed by atoms with E-state index in [0.29, 0.717) is 24.7 Å². The van der Waals surface area contributed by atoms with Crippen molar-refractivity contribution in [1.29, 1.82) is 0 Å². The maximum Gasteiger partial charge on any atom is 0.380 e. The van der Waals surface area contributed by atoms with Crippen LogP contribution in [0.2, 0.25) is 0 Å². The van der Waals surface area contributed by atoms with Crippen molar-refractivity contribution in [2.75, 3.05) is 13.2 Å². The van der Waals surface area contributed by atoms with Crippen LogP contribution in [0.15, 0.2) is 48.5 Å². The van der Waals surface area contributed by atoms with Gasteiger partial charge in [0.15, 0.2) is 0 Å². The SMILES string of the molecule is CC1CCOP(=S)(Oc2ccccc2-c2ccccc2OP2(=S)OCCC(C)O2)O1. The van der Waals surface area contributed by atoms with Gasteiger partial charge in [-0.2, -0.15) is 0 Å². The number of rotatable bonds is 5. The van der Waals surface area contributed by atoms with Gasteiger partial charge >= 0.3 is 13.4 Å². The Morgan fingerprint density at radius 3 is 1.53 bits per heavy atom. The van der Waals surface area contributed by atoms with Gasteiger partial charge in [0.2, 0.25) is 0 Å². The number of benzene rings is 2. The standard InChI is InChI=1S/C20H24O6P2S2/c1-15-11-13-21-27(29,23-15)25-19-9-5-3-7-17(19)18-8-4-6-10-20(18)26-28(30)22-14-12-16(2)24-28/h3-10,15-16H,11-14H2,1-2H3. The predicted octanol–water partition coefficient (Wildman–Crippen LogP) is 6.21. The molecular formula is C20H24O6P2S2. The van der Waals surface area contributed by atoms with Crippen molar-refractivity contribution in [2.24, 2.45) is 0 Å². The average Bonchev–Trinajstić information content (AvgIpc) is 2.68. The summed E-state index contributed by atoms with van der Waals surface area (Å²) in [5, 5.41) is 0. The first-order chi connectivity index (χ1) is 14.4. The molecule has 2 heterocycles. The third kappa shape index (κ3) is 5.32. The lowest BCUT2D eigenvalue weighted by atomic mass is 10.0. The zero-order valence-electron chi connectivity index (χ0n) is 16.8. The molecule has 2 aromatic carbocycles. The van der Waals surface area contributed by atoms with E-state index >= 15 is 0 Å². The number of hydrogen-bond acceptors (Lipinski definition) is 8. The number of hydrogen-bond donors (Lipinski definition) is 0. The maximum atomic E-state index is 6.13. The maximum absolute atomic E-state index is 6.13. The minimum atomic E-state index is -2.88. The second kappa shape index (κ2) is 9.35. The van der Waals surface area contributed by atoms with Gasteiger partial charge in [-0.15, -0.1) is 0 Å². The molecule has 2 saturated heterocycles. The van der Waals surface area contributed by atoms with Gasteiger partial charge in [-0.25, -0.2) is 0 Å². The normalized spacial score (nSPS) is 31.8. The van der Waals surface area contributed by atoms with Gasteiger partial charge in [0.05, 0.1) is 25.4 Å². The minimum absolute atomic E-state index is 0.000160. The van der Waals surface area contributed by atoms with Crippen molar-refractivity contribution in [1.82, 2.24) is 0 Å². The zero-order chi connectivity index (χ0) is 21.2. The summed E-state index contributed by atoms with van der Waals surface area (Å²) >= 11 is 11.2. The Balaban J connectivity index is 1.66. The van der Waals surface area contributed by atoms with Crippen molar-refractivity contribution in [3.63, 3.8) is 0 Å². The van der Waals surface area contributed by atoms with E-state index in [1.54, 1.807) is 0 Å². The molecule has 2 aliphatic rings. The second-order valence-electron chi connectivity index (χ2n) is 7.15. The molecule has 0 aliphatic carbocycles. The van der Waals surface area contributed by atoms with Gasteiger partial charge in [-0.3, -0.25) is 18.1 Å². The molecule has 0 amide bonds. The molecule has 6 nitrogen and oxygen atoms in total. The minimum Gasteiger partial charge on any atom is -0.423 e. The molecule has 0 spiro atoms. The predicted molar refractivity (Wildman–Crippen MR) is 124 cm³/mol. The van der Waals surface area contributed by atoms with Gasteiger partial charge in [-0.05, 0) is 38.8 Å². The summed E-state index contributed by atoms with van der Waals surface area (Å²) in [6.45, 7) is -0.770. The average molecular weight is 486 g/mol. The van der Waals surface area contributed by atoms with Crippen LogP contribution in [0.3, 0.4) is 0 Å². The second-order valence-corrected chi connectivity index (χ2v) is 12.9. The fourth-order valence-corrected chi connectivity index (χ4v) is 7.82. The summed E-state index contributed by atoms with van der Waals surface area (Å²) in [5.41, 5.74) is 1.60. The van der Waals surface area contributed by atoms with E-state index in [4.69, 9.17) is 50.8 Å². The first-order valence-electron chi connectivity index (χ1n) is 9.79. The highest BCUT2D eigenvalue weighted by molar-refractivity contribution is 8.08. The molecule has 4 atom stereocenters. The summed E-state index contributed by atoms with van der Waals surface area (Å²) in [7, 11) is 0. The van der Waals surface area contributed by atoms with Crippen molar-refractivity contribution in [2.45, 2.75) is 38.9 Å². The zero-order valence-corrected chi connectivity index (χ0v) is 20.2. The highest BCUT2D eigenvalue weighted by Gasteiger charge is 2.33. The van der Waals surface area contributed by atoms with Crippen LogP contribution in [0, 0.1) is 0 Å². The summed E-state index contributed by atoms with van der Waals surface area (Å²) in [6, 6.07) is 15.2. The smallest absolute Gasteiger partial charge is 0.380 e. The van der Waals surface area contributed by atoms with Crippen molar-refractivity contribution < 1.29 is 27.1 Å². The molecule has 0 bridgehead atoms. The molecule has 30 heavy (non-hydrogen) atoms. The Kier molecular flexibility index (Phi) is 6.98. The van der Waals surface area contributed by atoms with Crippen LogP contribution in [0.5, 0.6) is 11.5 Å². The Morgan fingerprint density at radius 2 is 1.13 bits per heavy atom. The van der Waals surface area contributed by atoms with Gasteiger partial charge in [0.1, 0.15) is 11.5 Å². The Hall–Kier alpha value is -0.820. The molecule has 4 unspecified atom stereocenters. The van der Waals surface area contributed by atoms with Crippen LogP contribution in [0.25, 0.3) is 11.1 Å².